The highest BCUT2D eigenvalue weighted by molar-refractivity contribution is 7.92. The van der Waals surface area contributed by atoms with Crippen LogP contribution in [-0.4, -0.2) is 34.5 Å². The molecule has 0 saturated heterocycles. The smallest absolute Gasteiger partial charge is 0.261 e. The standard InChI is InChI=1S/C19H25N3O4S/c1-14-5-10-17(13-18(14)19(23)21-12-4-3-11-20)27(24,25)22-15-6-8-16(26-2)9-7-15/h5-10,13,22H,3-4,11-12,20H2,1-2H3,(H,21,23). The summed E-state index contributed by atoms with van der Waals surface area (Å²) in [7, 11) is -2.29. The van der Waals surface area contributed by atoms with Crippen LogP contribution in [0, 0.1) is 6.92 Å². The van der Waals surface area contributed by atoms with Crippen molar-refractivity contribution in [3.63, 3.8) is 0 Å². The van der Waals surface area contributed by atoms with Crippen LogP contribution in [-0.2, 0) is 10.0 Å². The first-order chi connectivity index (χ1) is 12.9. The fourth-order valence-electron chi connectivity index (χ4n) is 2.45. The van der Waals surface area contributed by atoms with E-state index in [9.17, 15) is 13.2 Å². The topological polar surface area (TPSA) is 111 Å². The van der Waals surface area contributed by atoms with E-state index in [2.05, 4.69) is 10.0 Å². The first-order valence-electron chi connectivity index (χ1n) is 8.63. The first-order valence-corrected chi connectivity index (χ1v) is 10.1. The van der Waals surface area contributed by atoms with Gasteiger partial charge in [-0.05, 0) is 68.3 Å². The number of hydrogen-bond acceptors (Lipinski definition) is 5. The largest absolute Gasteiger partial charge is 0.497 e. The molecule has 146 valence electrons. The summed E-state index contributed by atoms with van der Waals surface area (Å²) in [6.07, 6.45) is 1.60. The number of carbonyl (C=O) groups excluding carboxylic acids is 1. The van der Waals surface area contributed by atoms with Crippen molar-refractivity contribution < 1.29 is 17.9 Å². The Morgan fingerprint density at radius 2 is 1.81 bits per heavy atom. The van der Waals surface area contributed by atoms with Gasteiger partial charge in [0.25, 0.3) is 15.9 Å². The molecule has 0 aromatic heterocycles. The van der Waals surface area contributed by atoms with E-state index in [0.29, 0.717) is 35.7 Å². The molecule has 0 bridgehead atoms. The van der Waals surface area contributed by atoms with E-state index in [1.54, 1.807) is 37.3 Å². The number of carbonyl (C=O) groups is 1. The highest BCUT2D eigenvalue weighted by atomic mass is 32.2. The molecule has 0 aliphatic carbocycles. The minimum atomic E-state index is -3.82. The van der Waals surface area contributed by atoms with E-state index in [1.807, 2.05) is 0 Å². The summed E-state index contributed by atoms with van der Waals surface area (Å²) in [6.45, 7) is 2.83. The van der Waals surface area contributed by atoms with Gasteiger partial charge in [-0.1, -0.05) is 6.07 Å². The Balaban J connectivity index is 2.17. The van der Waals surface area contributed by atoms with Crippen LogP contribution < -0.4 is 20.5 Å². The molecule has 27 heavy (non-hydrogen) atoms. The maximum Gasteiger partial charge on any atom is 0.261 e. The second-order valence-corrected chi connectivity index (χ2v) is 7.74. The number of benzene rings is 2. The summed E-state index contributed by atoms with van der Waals surface area (Å²) in [5, 5.41) is 2.79. The van der Waals surface area contributed by atoms with Gasteiger partial charge in [0.05, 0.1) is 12.0 Å². The highest BCUT2D eigenvalue weighted by Crippen LogP contribution is 2.21. The minimum Gasteiger partial charge on any atom is -0.497 e. The molecule has 0 heterocycles. The summed E-state index contributed by atoms with van der Waals surface area (Å²) >= 11 is 0. The van der Waals surface area contributed by atoms with Crippen LogP contribution in [0.2, 0.25) is 0 Å². The molecule has 0 aliphatic heterocycles. The fourth-order valence-corrected chi connectivity index (χ4v) is 3.54. The molecule has 0 spiro atoms. The average Bonchev–Trinajstić information content (AvgIpc) is 2.65. The Hall–Kier alpha value is -2.58. The number of rotatable bonds is 9. The van der Waals surface area contributed by atoms with E-state index in [4.69, 9.17) is 10.5 Å². The molecule has 4 N–H and O–H groups in total. The number of anilines is 1. The van der Waals surface area contributed by atoms with Crippen molar-refractivity contribution in [1.82, 2.24) is 5.32 Å². The number of ether oxygens (including phenoxy) is 1. The molecule has 2 aromatic carbocycles. The predicted molar refractivity (Wildman–Crippen MR) is 106 cm³/mol. The quantitative estimate of drug-likeness (QED) is 0.568. The number of amides is 1. The zero-order valence-corrected chi connectivity index (χ0v) is 16.3. The molecule has 2 rings (SSSR count). The molecular weight excluding hydrogens is 366 g/mol. The van der Waals surface area contributed by atoms with Crippen LogP contribution in [0.4, 0.5) is 5.69 Å². The monoisotopic (exact) mass is 391 g/mol. The first kappa shape index (κ1) is 20.7. The van der Waals surface area contributed by atoms with Gasteiger partial charge in [-0.15, -0.1) is 0 Å². The van der Waals surface area contributed by atoms with Crippen molar-refractivity contribution in [3.05, 3.63) is 53.6 Å². The Kier molecular flexibility index (Phi) is 7.20. The van der Waals surface area contributed by atoms with Crippen LogP contribution >= 0.6 is 0 Å². The lowest BCUT2D eigenvalue weighted by atomic mass is 10.1. The van der Waals surface area contributed by atoms with E-state index < -0.39 is 10.0 Å². The number of sulfonamides is 1. The molecule has 0 aliphatic rings. The normalized spacial score (nSPS) is 11.1. The summed E-state index contributed by atoms with van der Waals surface area (Å²) < 4.78 is 32.9. The number of nitrogens with one attached hydrogen (secondary N) is 2. The van der Waals surface area contributed by atoms with Gasteiger partial charge in [-0.25, -0.2) is 8.42 Å². The molecule has 0 radical (unpaired) electrons. The van der Waals surface area contributed by atoms with Gasteiger partial charge < -0.3 is 15.8 Å². The molecule has 0 unspecified atom stereocenters. The van der Waals surface area contributed by atoms with Gasteiger partial charge in [0.1, 0.15) is 5.75 Å². The van der Waals surface area contributed by atoms with Gasteiger partial charge >= 0.3 is 0 Å². The Morgan fingerprint density at radius 1 is 1.11 bits per heavy atom. The summed E-state index contributed by atoms with van der Waals surface area (Å²) in [5.74, 6) is 0.327. The minimum absolute atomic E-state index is 0.0241. The van der Waals surface area contributed by atoms with Gasteiger partial charge in [-0.2, -0.15) is 0 Å². The number of methoxy groups -OCH3 is 1. The molecule has 8 heteroatoms. The number of unbranched alkanes of at least 4 members (excludes halogenated alkanes) is 1. The van der Waals surface area contributed by atoms with Gasteiger partial charge in [0, 0.05) is 17.8 Å². The van der Waals surface area contributed by atoms with Crippen molar-refractivity contribution in [1.29, 1.82) is 0 Å². The maximum atomic E-state index is 12.7. The Morgan fingerprint density at radius 3 is 2.44 bits per heavy atom. The number of nitrogens with two attached hydrogens (primary N) is 1. The number of aryl methyl sites for hydroxylation is 1. The van der Waals surface area contributed by atoms with Crippen molar-refractivity contribution in [2.45, 2.75) is 24.7 Å². The second-order valence-electron chi connectivity index (χ2n) is 6.06. The van der Waals surface area contributed by atoms with Crippen LogP contribution in [0.1, 0.15) is 28.8 Å². The average molecular weight is 391 g/mol. The van der Waals surface area contributed by atoms with Crippen molar-refractivity contribution in [2.24, 2.45) is 5.73 Å². The second kappa shape index (κ2) is 9.38. The molecule has 1 amide bonds. The summed E-state index contributed by atoms with van der Waals surface area (Å²) in [6, 6.07) is 11.0. The zero-order valence-electron chi connectivity index (χ0n) is 15.5. The molecule has 0 fully saturated rings. The van der Waals surface area contributed by atoms with E-state index in [-0.39, 0.29) is 10.8 Å². The van der Waals surface area contributed by atoms with Crippen LogP contribution in [0.3, 0.4) is 0 Å². The van der Waals surface area contributed by atoms with Crippen LogP contribution in [0.25, 0.3) is 0 Å². The molecule has 2 aromatic rings. The molecular formula is C19H25N3O4S. The third kappa shape index (κ3) is 5.70. The van der Waals surface area contributed by atoms with E-state index in [0.717, 1.165) is 12.8 Å². The number of hydrogen-bond donors (Lipinski definition) is 3. The van der Waals surface area contributed by atoms with E-state index >= 15 is 0 Å². The van der Waals surface area contributed by atoms with Gasteiger partial charge in [0.15, 0.2) is 0 Å². The predicted octanol–water partition coefficient (Wildman–Crippen LogP) is 2.27. The van der Waals surface area contributed by atoms with Gasteiger partial charge in [0.2, 0.25) is 0 Å². The lowest BCUT2D eigenvalue weighted by molar-refractivity contribution is 0.0952. The van der Waals surface area contributed by atoms with Crippen molar-refractivity contribution in [2.75, 3.05) is 24.9 Å². The maximum absolute atomic E-state index is 12.7. The Bertz CT molecular complexity index is 880. The lowest BCUT2D eigenvalue weighted by Crippen LogP contribution is -2.26. The van der Waals surface area contributed by atoms with Crippen molar-refractivity contribution in [3.8, 4) is 5.75 Å². The molecule has 7 nitrogen and oxygen atoms in total. The van der Waals surface area contributed by atoms with E-state index in [1.165, 1.54) is 19.2 Å². The SMILES string of the molecule is COc1ccc(NS(=O)(=O)c2ccc(C)c(C(=O)NCCCCN)c2)cc1. The third-order valence-corrected chi connectivity index (χ3v) is 5.40. The van der Waals surface area contributed by atoms with Crippen LogP contribution in [0.15, 0.2) is 47.4 Å². The Labute approximate surface area is 160 Å². The third-order valence-electron chi connectivity index (χ3n) is 4.02. The summed E-state index contributed by atoms with van der Waals surface area (Å²) in [4.78, 5) is 12.4. The van der Waals surface area contributed by atoms with Crippen LogP contribution in [0.5, 0.6) is 5.75 Å². The zero-order chi connectivity index (χ0) is 19.9. The lowest BCUT2D eigenvalue weighted by Gasteiger charge is -2.12. The van der Waals surface area contributed by atoms with Gasteiger partial charge in [-0.3, -0.25) is 9.52 Å². The molecule has 0 atom stereocenters. The fraction of sp³-hybridized carbons (Fsp3) is 0.316. The molecule has 0 saturated carbocycles. The van der Waals surface area contributed by atoms with Crippen molar-refractivity contribution >= 4 is 21.6 Å². The summed E-state index contributed by atoms with van der Waals surface area (Å²) in [5.41, 5.74) is 6.88. The highest BCUT2D eigenvalue weighted by Gasteiger charge is 2.18.